The lowest BCUT2D eigenvalue weighted by molar-refractivity contribution is -0.141. The quantitative estimate of drug-likeness (QED) is 0.773. The number of piperidine rings is 1. The van der Waals surface area contributed by atoms with Crippen molar-refractivity contribution in [2.75, 3.05) is 13.1 Å². The standard InChI is InChI=1S/C11H19NO3/c1-11(2)5-7-12(8-6-11)9(13)3-4-10(14)15/h3-8H2,1-2H3,(H,14,15). The molecule has 15 heavy (non-hydrogen) atoms. The number of hydrogen-bond donors (Lipinski definition) is 1. The second-order valence-corrected chi connectivity index (χ2v) is 4.94. The second-order valence-electron chi connectivity index (χ2n) is 4.94. The van der Waals surface area contributed by atoms with Gasteiger partial charge in [0.15, 0.2) is 0 Å². The van der Waals surface area contributed by atoms with Gasteiger partial charge in [0.25, 0.3) is 0 Å². The molecule has 0 radical (unpaired) electrons. The Labute approximate surface area is 90.3 Å². The highest BCUT2D eigenvalue weighted by molar-refractivity contribution is 5.80. The number of likely N-dealkylation sites (tertiary alicyclic amines) is 1. The van der Waals surface area contributed by atoms with Gasteiger partial charge >= 0.3 is 5.97 Å². The summed E-state index contributed by atoms with van der Waals surface area (Å²) in [4.78, 5) is 23.7. The molecule has 1 N–H and O–H groups in total. The van der Waals surface area contributed by atoms with E-state index in [4.69, 9.17) is 5.11 Å². The zero-order chi connectivity index (χ0) is 11.5. The number of nitrogens with zero attached hydrogens (tertiary/aromatic N) is 1. The Kier molecular flexibility index (Phi) is 3.72. The van der Waals surface area contributed by atoms with Gasteiger partial charge in [-0.3, -0.25) is 9.59 Å². The van der Waals surface area contributed by atoms with E-state index < -0.39 is 5.97 Å². The summed E-state index contributed by atoms with van der Waals surface area (Å²) in [5.41, 5.74) is 0.323. The molecule has 4 heteroatoms. The van der Waals surface area contributed by atoms with Gasteiger partial charge in [-0.15, -0.1) is 0 Å². The van der Waals surface area contributed by atoms with Crippen LogP contribution in [0.2, 0.25) is 0 Å². The highest BCUT2D eigenvalue weighted by atomic mass is 16.4. The molecule has 0 atom stereocenters. The minimum Gasteiger partial charge on any atom is -0.481 e. The summed E-state index contributed by atoms with van der Waals surface area (Å²) in [7, 11) is 0. The Hall–Kier alpha value is -1.06. The summed E-state index contributed by atoms with van der Waals surface area (Å²) >= 11 is 0. The maximum Gasteiger partial charge on any atom is 0.303 e. The van der Waals surface area contributed by atoms with Gasteiger partial charge in [0.05, 0.1) is 6.42 Å². The Morgan fingerprint density at radius 1 is 1.20 bits per heavy atom. The van der Waals surface area contributed by atoms with Gasteiger partial charge in [0.2, 0.25) is 5.91 Å². The summed E-state index contributed by atoms with van der Waals surface area (Å²) in [5, 5.41) is 8.47. The molecule has 4 nitrogen and oxygen atoms in total. The monoisotopic (exact) mass is 213 g/mol. The van der Waals surface area contributed by atoms with Crippen LogP contribution < -0.4 is 0 Å². The molecular formula is C11H19NO3. The molecule has 1 rings (SSSR count). The third-order valence-electron chi connectivity index (χ3n) is 3.02. The molecular weight excluding hydrogens is 194 g/mol. The molecule has 1 amide bonds. The Bertz CT molecular complexity index is 251. The summed E-state index contributed by atoms with van der Waals surface area (Å²) in [6.07, 6.45) is 2.09. The summed E-state index contributed by atoms with van der Waals surface area (Å²) in [5.74, 6) is -0.923. The van der Waals surface area contributed by atoms with Crippen LogP contribution in [0.3, 0.4) is 0 Å². The largest absolute Gasteiger partial charge is 0.481 e. The van der Waals surface area contributed by atoms with Crippen molar-refractivity contribution in [1.82, 2.24) is 4.90 Å². The van der Waals surface area contributed by atoms with E-state index in [1.54, 1.807) is 4.90 Å². The molecule has 1 aliphatic rings. The van der Waals surface area contributed by atoms with E-state index in [-0.39, 0.29) is 18.7 Å². The number of amides is 1. The Balaban J connectivity index is 2.33. The number of rotatable bonds is 3. The molecule has 0 spiro atoms. The van der Waals surface area contributed by atoms with E-state index in [0.29, 0.717) is 5.41 Å². The van der Waals surface area contributed by atoms with Gasteiger partial charge in [-0.25, -0.2) is 0 Å². The van der Waals surface area contributed by atoms with E-state index in [2.05, 4.69) is 13.8 Å². The SMILES string of the molecule is CC1(C)CCN(C(=O)CCC(=O)O)CC1. The molecule has 86 valence electrons. The third kappa shape index (κ3) is 3.90. The van der Waals surface area contributed by atoms with Gasteiger partial charge in [0.1, 0.15) is 0 Å². The smallest absolute Gasteiger partial charge is 0.303 e. The molecule has 0 aromatic rings. The van der Waals surface area contributed by atoms with Gasteiger partial charge < -0.3 is 10.0 Å². The first-order valence-corrected chi connectivity index (χ1v) is 5.40. The fourth-order valence-electron chi connectivity index (χ4n) is 1.73. The first kappa shape index (κ1) is 12.0. The number of aliphatic carboxylic acids is 1. The zero-order valence-electron chi connectivity index (χ0n) is 9.45. The van der Waals surface area contributed by atoms with E-state index in [9.17, 15) is 9.59 Å². The van der Waals surface area contributed by atoms with Crippen molar-refractivity contribution in [3.63, 3.8) is 0 Å². The van der Waals surface area contributed by atoms with Crippen LogP contribution in [0.5, 0.6) is 0 Å². The first-order valence-electron chi connectivity index (χ1n) is 5.40. The molecule has 1 saturated heterocycles. The van der Waals surface area contributed by atoms with Crippen LogP contribution in [0.25, 0.3) is 0 Å². The van der Waals surface area contributed by atoms with Crippen LogP contribution in [0, 0.1) is 5.41 Å². The van der Waals surface area contributed by atoms with Gasteiger partial charge in [-0.05, 0) is 18.3 Å². The first-order chi connectivity index (χ1) is 6.91. The van der Waals surface area contributed by atoms with Crippen LogP contribution in [-0.4, -0.2) is 35.0 Å². The maximum atomic E-state index is 11.6. The van der Waals surface area contributed by atoms with Crippen molar-refractivity contribution in [2.24, 2.45) is 5.41 Å². The third-order valence-corrected chi connectivity index (χ3v) is 3.02. The summed E-state index contributed by atoms with van der Waals surface area (Å²) in [6, 6.07) is 0. The minimum atomic E-state index is -0.902. The van der Waals surface area contributed by atoms with E-state index >= 15 is 0 Å². The van der Waals surface area contributed by atoms with Crippen molar-refractivity contribution in [2.45, 2.75) is 39.5 Å². The molecule has 0 aromatic heterocycles. The minimum absolute atomic E-state index is 0.0205. The van der Waals surface area contributed by atoms with Gasteiger partial charge in [-0.2, -0.15) is 0 Å². The fraction of sp³-hybridized carbons (Fsp3) is 0.818. The molecule has 0 unspecified atom stereocenters. The average molecular weight is 213 g/mol. The molecule has 1 aliphatic heterocycles. The zero-order valence-corrected chi connectivity index (χ0v) is 9.45. The highest BCUT2D eigenvalue weighted by Crippen LogP contribution is 2.29. The van der Waals surface area contributed by atoms with Crippen LogP contribution >= 0.6 is 0 Å². The van der Waals surface area contributed by atoms with Crippen molar-refractivity contribution < 1.29 is 14.7 Å². The number of hydrogen-bond acceptors (Lipinski definition) is 2. The van der Waals surface area contributed by atoms with E-state index in [0.717, 1.165) is 25.9 Å². The van der Waals surface area contributed by atoms with Crippen LogP contribution in [0.1, 0.15) is 39.5 Å². The molecule has 0 bridgehead atoms. The Morgan fingerprint density at radius 3 is 2.20 bits per heavy atom. The van der Waals surface area contributed by atoms with Crippen molar-refractivity contribution in [3.8, 4) is 0 Å². The molecule has 0 aromatic carbocycles. The van der Waals surface area contributed by atoms with Crippen LogP contribution in [0.4, 0.5) is 0 Å². The van der Waals surface area contributed by atoms with Gasteiger partial charge in [-0.1, -0.05) is 13.8 Å². The number of carboxylic acid groups (broad SMARTS) is 1. The molecule has 0 aliphatic carbocycles. The predicted molar refractivity (Wildman–Crippen MR) is 56.5 cm³/mol. The predicted octanol–water partition coefficient (Wildman–Crippen LogP) is 1.50. The lowest BCUT2D eigenvalue weighted by Gasteiger charge is -2.36. The van der Waals surface area contributed by atoms with Crippen LogP contribution in [-0.2, 0) is 9.59 Å². The number of carboxylic acids is 1. The average Bonchev–Trinajstić information content (AvgIpc) is 2.14. The van der Waals surface area contributed by atoms with Gasteiger partial charge in [0, 0.05) is 19.5 Å². The number of carbonyl (C=O) groups is 2. The Morgan fingerprint density at radius 2 is 1.73 bits per heavy atom. The van der Waals surface area contributed by atoms with Crippen molar-refractivity contribution in [3.05, 3.63) is 0 Å². The van der Waals surface area contributed by atoms with E-state index in [1.165, 1.54) is 0 Å². The van der Waals surface area contributed by atoms with Crippen molar-refractivity contribution in [1.29, 1.82) is 0 Å². The normalized spacial score (nSPS) is 20.0. The van der Waals surface area contributed by atoms with E-state index in [1.807, 2.05) is 0 Å². The van der Waals surface area contributed by atoms with Crippen LogP contribution in [0.15, 0.2) is 0 Å². The maximum absolute atomic E-state index is 11.6. The van der Waals surface area contributed by atoms with Crippen molar-refractivity contribution >= 4 is 11.9 Å². The second kappa shape index (κ2) is 4.64. The fourth-order valence-corrected chi connectivity index (χ4v) is 1.73. The molecule has 0 saturated carbocycles. The molecule has 1 heterocycles. The lowest BCUT2D eigenvalue weighted by atomic mass is 9.82. The number of carbonyl (C=O) groups excluding carboxylic acids is 1. The lowest BCUT2D eigenvalue weighted by Crippen LogP contribution is -2.41. The highest BCUT2D eigenvalue weighted by Gasteiger charge is 2.27. The topological polar surface area (TPSA) is 57.6 Å². The summed E-state index contributed by atoms with van der Waals surface area (Å²) in [6.45, 7) is 5.94. The summed E-state index contributed by atoms with van der Waals surface area (Å²) < 4.78 is 0. The molecule has 1 fully saturated rings.